The van der Waals surface area contributed by atoms with E-state index in [0.29, 0.717) is 23.4 Å². The summed E-state index contributed by atoms with van der Waals surface area (Å²) in [5, 5.41) is 8.52. The first kappa shape index (κ1) is 23.7. The molecule has 3 heterocycles. The molecule has 0 saturated heterocycles. The number of benzene rings is 2. The molecule has 38 heavy (non-hydrogen) atoms. The van der Waals surface area contributed by atoms with Crippen molar-refractivity contribution in [1.82, 2.24) is 24.6 Å². The van der Waals surface area contributed by atoms with Gasteiger partial charge in [-0.25, -0.2) is 9.97 Å². The number of nitrogens with one attached hydrogen (secondary N) is 1. The van der Waals surface area contributed by atoms with Gasteiger partial charge in [0, 0.05) is 23.5 Å². The molecule has 8 nitrogen and oxygen atoms in total. The van der Waals surface area contributed by atoms with Crippen LogP contribution in [-0.4, -0.2) is 38.8 Å². The van der Waals surface area contributed by atoms with Crippen LogP contribution in [0.5, 0.6) is 11.6 Å². The Morgan fingerprint density at radius 3 is 2.45 bits per heavy atom. The van der Waals surface area contributed by atoms with Crippen molar-refractivity contribution < 1.29 is 9.47 Å². The van der Waals surface area contributed by atoms with Gasteiger partial charge in [0.15, 0.2) is 5.65 Å². The highest BCUT2D eigenvalue weighted by Crippen LogP contribution is 2.43. The fourth-order valence-corrected chi connectivity index (χ4v) is 5.06. The van der Waals surface area contributed by atoms with Crippen LogP contribution in [0.4, 0.5) is 11.6 Å². The predicted molar refractivity (Wildman–Crippen MR) is 148 cm³/mol. The van der Waals surface area contributed by atoms with Gasteiger partial charge in [0.1, 0.15) is 17.4 Å². The van der Waals surface area contributed by atoms with Gasteiger partial charge in [0.25, 0.3) is 0 Å². The fourth-order valence-electron chi connectivity index (χ4n) is 5.06. The van der Waals surface area contributed by atoms with Crippen molar-refractivity contribution in [2.75, 3.05) is 19.5 Å². The lowest BCUT2D eigenvalue weighted by atomic mass is 9.86. The number of ether oxygens (including phenoxy) is 2. The Kier molecular flexibility index (Phi) is 6.44. The van der Waals surface area contributed by atoms with Crippen LogP contribution in [0.2, 0.25) is 0 Å². The van der Waals surface area contributed by atoms with E-state index in [1.165, 1.54) is 0 Å². The van der Waals surface area contributed by atoms with E-state index in [1.54, 1.807) is 32.8 Å². The number of rotatable bonds is 7. The van der Waals surface area contributed by atoms with E-state index >= 15 is 0 Å². The van der Waals surface area contributed by atoms with Crippen LogP contribution >= 0.6 is 0 Å². The third-order valence-electron chi connectivity index (χ3n) is 6.86. The summed E-state index contributed by atoms with van der Waals surface area (Å²) in [7, 11) is 3.32. The van der Waals surface area contributed by atoms with Gasteiger partial charge >= 0.3 is 0 Å². The van der Waals surface area contributed by atoms with Crippen LogP contribution in [0.3, 0.4) is 0 Å². The molecule has 0 amide bonds. The summed E-state index contributed by atoms with van der Waals surface area (Å²) in [6, 6.07) is 18.1. The molecule has 0 bridgehead atoms. The van der Waals surface area contributed by atoms with Crippen molar-refractivity contribution in [2.24, 2.45) is 0 Å². The van der Waals surface area contributed by atoms with E-state index < -0.39 is 0 Å². The summed E-state index contributed by atoms with van der Waals surface area (Å²) in [5.74, 6) is 2.85. The summed E-state index contributed by atoms with van der Waals surface area (Å²) in [6.07, 6.45) is 12.5. The standard InChI is InChI=1S/C30H28N6O2/c1-37-23-15-13-21(14-16-23)26-28(33-24-19-31-17-18-32-24)34-29-25(20-9-5-3-6-10-20)27(22-11-7-4-8-12-22)35-36(29)30(26)38-2/h3-5,7-8,11-20H,6,9-10H2,1-2H3,(H,32,33,34). The second-order valence-corrected chi connectivity index (χ2v) is 9.13. The SMILES string of the molecule is COc1ccc(-c2c(Nc3cnccn3)nc3c(C4CC=CCC4)c(-c4ccccc4)nn3c2OC)cc1. The Morgan fingerprint density at radius 2 is 1.76 bits per heavy atom. The van der Waals surface area contributed by atoms with Crippen LogP contribution in [0, 0.1) is 0 Å². The van der Waals surface area contributed by atoms with Crippen molar-refractivity contribution in [3.63, 3.8) is 0 Å². The van der Waals surface area contributed by atoms with Crippen LogP contribution in [0.15, 0.2) is 85.3 Å². The number of methoxy groups -OCH3 is 2. The van der Waals surface area contributed by atoms with Crippen LogP contribution in [-0.2, 0) is 0 Å². The molecule has 2 aromatic carbocycles. The molecule has 1 N–H and O–H groups in total. The number of nitrogens with zero attached hydrogens (tertiary/aromatic N) is 5. The van der Waals surface area contributed by atoms with E-state index in [4.69, 9.17) is 19.6 Å². The van der Waals surface area contributed by atoms with Gasteiger partial charge < -0.3 is 14.8 Å². The van der Waals surface area contributed by atoms with Crippen molar-refractivity contribution >= 4 is 17.3 Å². The lowest BCUT2D eigenvalue weighted by Crippen LogP contribution is -2.08. The molecule has 1 atom stereocenters. The lowest BCUT2D eigenvalue weighted by molar-refractivity contribution is 0.387. The van der Waals surface area contributed by atoms with Gasteiger partial charge in [0.2, 0.25) is 5.88 Å². The molecule has 0 radical (unpaired) electrons. The number of allylic oxidation sites excluding steroid dienone is 2. The lowest BCUT2D eigenvalue weighted by Gasteiger charge is -2.19. The van der Waals surface area contributed by atoms with Crippen molar-refractivity contribution in [3.8, 4) is 34.0 Å². The molecule has 190 valence electrons. The molecular formula is C30H28N6O2. The Morgan fingerprint density at radius 1 is 0.921 bits per heavy atom. The quantitative estimate of drug-likeness (QED) is 0.255. The van der Waals surface area contributed by atoms with E-state index in [1.807, 2.05) is 47.0 Å². The summed E-state index contributed by atoms with van der Waals surface area (Å²) < 4.78 is 13.3. The second kappa shape index (κ2) is 10.3. The maximum atomic E-state index is 6.08. The molecule has 3 aromatic heterocycles. The minimum absolute atomic E-state index is 0.293. The van der Waals surface area contributed by atoms with Crippen molar-refractivity contribution in [3.05, 3.63) is 90.9 Å². The van der Waals surface area contributed by atoms with Gasteiger partial charge in [-0.1, -0.05) is 54.6 Å². The maximum absolute atomic E-state index is 6.08. The first-order valence-corrected chi connectivity index (χ1v) is 12.7. The largest absolute Gasteiger partial charge is 0.497 e. The van der Waals surface area contributed by atoms with E-state index in [2.05, 4.69) is 39.6 Å². The number of anilines is 2. The molecule has 1 unspecified atom stereocenters. The molecule has 0 aliphatic heterocycles. The van der Waals surface area contributed by atoms with Gasteiger partial charge in [-0.15, -0.1) is 0 Å². The molecule has 6 rings (SSSR count). The number of hydrogen-bond donors (Lipinski definition) is 1. The van der Waals surface area contributed by atoms with Crippen LogP contribution < -0.4 is 14.8 Å². The smallest absolute Gasteiger partial charge is 0.228 e. The summed E-state index contributed by atoms with van der Waals surface area (Å²) >= 11 is 0. The number of fused-ring (bicyclic) bond motifs is 1. The van der Waals surface area contributed by atoms with Gasteiger partial charge in [-0.05, 0) is 42.9 Å². The number of aromatic nitrogens is 5. The maximum Gasteiger partial charge on any atom is 0.228 e. The van der Waals surface area contributed by atoms with Crippen molar-refractivity contribution in [2.45, 2.75) is 25.2 Å². The second-order valence-electron chi connectivity index (χ2n) is 9.13. The third kappa shape index (κ3) is 4.34. The summed E-state index contributed by atoms with van der Waals surface area (Å²) in [6.45, 7) is 0. The Hall–Kier alpha value is -4.72. The highest BCUT2D eigenvalue weighted by Gasteiger charge is 2.29. The van der Waals surface area contributed by atoms with Crippen LogP contribution in [0.1, 0.15) is 30.7 Å². The fraction of sp³-hybridized carbons (Fsp3) is 0.200. The van der Waals surface area contributed by atoms with E-state index in [-0.39, 0.29) is 0 Å². The molecular weight excluding hydrogens is 476 g/mol. The van der Waals surface area contributed by atoms with Gasteiger partial charge in [0.05, 0.1) is 31.7 Å². The van der Waals surface area contributed by atoms with E-state index in [0.717, 1.165) is 58.6 Å². The Bertz CT molecular complexity index is 1580. The zero-order chi connectivity index (χ0) is 25.9. The normalized spacial score (nSPS) is 14.9. The molecule has 0 saturated carbocycles. The minimum Gasteiger partial charge on any atom is -0.497 e. The molecule has 1 aliphatic carbocycles. The topological polar surface area (TPSA) is 86.5 Å². The van der Waals surface area contributed by atoms with Gasteiger partial charge in [-0.3, -0.25) is 4.98 Å². The number of hydrogen-bond acceptors (Lipinski definition) is 7. The highest BCUT2D eigenvalue weighted by molar-refractivity contribution is 5.85. The highest BCUT2D eigenvalue weighted by atomic mass is 16.5. The van der Waals surface area contributed by atoms with Crippen LogP contribution in [0.25, 0.3) is 28.0 Å². The zero-order valence-corrected chi connectivity index (χ0v) is 21.3. The minimum atomic E-state index is 0.293. The Labute approximate surface area is 221 Å². The molecule has 5 aromatic rings. The average Bonchev–Trinajstić information content (AvgIpc) is 3.37. The van der Waals surface area contributed by atoms with E-state index in [9.17, 15) is 0 Å². The van der Waals surface area contributed by atoms with Gasteiger partial charge in [-0.2, -0.15) is 9.61 Å². The third-order valence-corrected chi connectivity index (χ3v) is 6.86. The monoisotopic (exact) mass is 504 g/mol. The molecule has 1 aliphatic rings. The predicted octanol–water partition coefficient (Wildman–Crippen LogP) is 6.44. The zero-order valence-electron chi connectivity index (χ0n) is 21.3. The first-order valence-electron chi connectivity index (χ1n) is 12.7. The molecule has 0 fully saturated rings. The van der Waals surface area contributed by atoms with Crippen molar-refractivity contribution in [1.29, 1.82) is 0 Å². The summed E-state index contributed by atoms with van der Waals surface area (Å²) in [4.78, 5) is 13.9. The first-order chi connectivity index (χ1) is 18.8. The molecule has 8 heteroatoms. The Balaban J connectivity index is 1.65. The average molecular weight is 505 g/mol. The molecule has 0 spiro atoms. The summed E-state index contributed by atoms with van der Waals surface area (Å²) in [5.41, 5.74) is 5.55.